The Hall–Kier alpha value is -2.51. The van der Waals surface area contributed by atoms with Crippen LogP contribution in [0.4, 0.5) is 13.2 Å². The standard InChI is InChI=1S/C18H12Cl2F3N3O/c1-26-9-11(8-24-26)17(27)25-18(22,23)14-4-3-12(21)7-13(14)10-2-5-15(19)16(20)6-10/h2-9H,1H3,(H,25,27). The van der Waals surface area contributed by atoms with Crippen molar-refractivity contribution in [1.82, 2.24) is 15.1 Å². The van der Waals surface area contributed by atoms with Crippen molar-refractivity contribution in [2.75, 3.05) is 0 Å². The van der Waals surface area contributed by atoms with E-state index in [-0.39, 0.29) is 26.7 Å². The quantitative estimate of drug-likeness (QED) is 0.610. The van der Waals surface area contributed by atoms with Crippen LogP contribution in [0.25, 0.3) is 11.1 Å². The number of nitrogens with zero attached hydrogens (tertiary/aromatic N) is 2. The topological polar surface area (TPSA) is 46.9 Å². The van der Waals surface area contributed by atoms with Crippen LogP contribution in [0.1, 0.15) is 15.9 Å². The average Bonchev–Trinajstić information content (AvgIpc) is 3.03. The fraction of sp³-hybridized carbons (Fsp3) is 0.111. The highest BCUT2D eigenvalue weighted by molar-refractivity contribution is 6.42. The van der Waals surface area contributed by atoms with Crippen LogP contribution in [-0.4, -0.2) is 15.7 Å². The van der Waals surface area contributed by atoms with Gasteiger partial charge in [0.1, 0.15) is 5.82 Å². The van der Waals surface area contributed by atoms with Crippen molar-refractivity contribution < 1.29 is 18.0 Å². The number of hydrogen-bond acceptors (Lipinski definition) is 2. The second-order valence-corrected chi connectivity index (χ2v) is 6.56. The van der Waals surface area contributed by atoms with E-state index in [0.29, 0.717) is 0 Å². The summed E-state index contributed by atoms with van der Waals surface area (Å²) in [4.78, 5) is 12.1. The summed E-state index contributed by atoms with van der Waals surface area (Å²) in [6, 6.07) is 3.17. The van der Waals surface area contributed by atoms with Crippen molar-refractivity contribution in [3.63, 3.8) is 0 Å². The first-order valence-corrected chi connectivity index (χ1v) is 8.37. The fourth-order valence-corrected chi connectivity index (χ4v) is 2.81. The molecule has 0 atom stereocenters. The van der Waals surface area contributed by atoms with E-state index in [1.165, 1.54) is 29.1 Å². The molecule has 1 heterocycles. The van der Waals surface area contributed by atoms with Crippen molar-refractivity contribution in [2.24, 2.45) is 7.05 Å². The molecule has 27 heavy (non-hydrogen) atoms. The van der Waals surface area contributed by atoms with Gasteiger partial charge in [0.25, 0.3) is 5.91 Å². The van der Waals surface area contributed by atoms with Crippen LogP contribution in [0.3, 0.4) is 0 Å². The molecule has 0 fully saturated rings. The van der Waals surface area contributed by atoms with Gasteiger partial charge < -0.3 is 0 Å². The number of alkyl halides is 2. The Kier molecular flexibility index (Phi) is 5.17. The molecule has 140 valence electrons. The summed E-state index contributed by atoms with van der Waals surface area (Å²) in [5.41, 5.74) is -0.505. The van der Waals surface area contributed by atoms with Gasteiger partial charge >= 0.3 is 6.05 Å². The lowest BCUT2D eigenvalue weighted by molar-refractivity contribution is -0.0328. The predicted octanol–water partition coefficient (Wildman–Crippen LogP) is 5.01. The highest BCUT2D eigenvalue weighted by Gasteiger charge is 2.37. The molecular formula is C18H12Cl2F3N3O. The van der Waals surface area contributed by atoms with Crippen molar-refractivity contribution in [1.29, 1.82) is 0 Å². The number of aryl methyl sites for hydroxylation is 1. The third kappa shape index (κ3) is 4.09. The van der Waals surface area contributed by atoms with Crippen LogP contribution >= 0.6 is 23.2 Å². The number of benzene rings is 2. The molecule has 3 rings (SSSR count). The molecule has 0 unspecified atom stereocenters. The molecule has 3 aromatic rings. The SMILES string of the molecule is Cn1cc(C(=O)NC(F)(F)c2ccc(F)cc2-c2ccc(Cl)c(Cl)c2)cn1. The molecule has 0 radical (unpaired) electrons. The van der Waals surface area contributed by atoms with Gasteiger partial charge in [0.15, 0.2) is 0 Å². The minimum absolute atomic E-state index is 0.0321. The van der Waals surface area contributed by atoms with Crippen molar-refractivity contribution >= 4 is 29.1 Å². The number of nitrogens with one attached hydrogen (secondary N) is 1. The van der Waals surface area contributed by atoms with Crippen LogP contribution in [-0.2, 0) is 13.1 Å². The second-order valence-electron chi connectivity index (χ2n) is 5.75. The Balaban J connectivity index is 2.02. The Morgan fingerprint density at radius 2 is 1.89 bits per heavy atom. The number of carbonyl (C=O) groups excluding carboxylic acids is 1. The molecule has 0 aliphatic heterocycles. The maximum atomic E-state index is 14.8. The van der Waals surface area contributed by atoms with E-state index in [1.807, 2.05) is 0 Å². The van der Waals surface area contributed by atoms with Gasteiger partial charge in [0.05, 0.1) is 27.4 Å². The molecule has 0 saturated heterocycles. The minimum atomic E-state index is -3.78. The number of halogens is 5. The van der Waals surface area contributed by atoms with E-state index >= 15 is 0 Å². The molecule has 1 aromatic heterocycles. The number of carbonyl (C=O) groups is 1. The van der Waals surface area contributed by atoms with Gasteiger partial charge in [-0.3, -0.25) is 14.8 Å². The molecule has 2 aromatic carbocycles. The number of amides is 1. The summed E-state index contributed by atoms with van der Waals surface area (Å²) >= 11 is 11.8. The maximum absolute atomic E-state index is 14.8. The third-order valence-corrected chi connectivity index (χ3v) is 4.53. The molecule has 4 nitrogen and oxygen atoms in total. The monoisotopic (exact) mass is 413 g/mol. The largest absolute Gasteiger partial charge is 0.353 e. The zero-order valence-electron chi connectivity index (χ0n) is 13.8. The Labute approximate surface area is 162 Å². The lowest BCUT2D eigenvalue weighted by Crippen LogP contribution is -2.39. The lowest BCUT2D eigenvalue weighted by atomic mass is 9.98. The van der Waals surface area contributed by atoms with E-state index in [2.05, 4.69) is 5.10 Å². The zero-order chi connectivity index (χ0) is 19.8. The van der Waals surface area contributed by atoms with Crippen molar-refractivity contribution in [3.05, 3.63) is 75.8 Å². The van der Waals surface area contributed by atoms with E-state index in [0.717, 1.165) is 24.4 Å². The number of hydrogen-bond donors (Lipinski definition) is 1. The summed E-state index contributed by atoms with van der Waals surface area (Å²) in [7, 11) is 1.55. The highest BCUT2D eigenvalue weighted by atomic mass is 35.5. The molecule has 0 saturated carbocycles. The van der Waals surface area contributed by atoms with Crippen LogP contribution in [0.15, 0.2) is 48.8 Å². The van der Waals surface area contributed by atoms with Gasteiger partial charge in [0, 0.05) is 13.2 Å². The first-order valence-electron chi connectivity index (χ1n) is 7.62. The molecule has 0 bridgehead atoms. The van der Waals surface area contributed by atoms with Crippen molar-refractivity contribution in [3.8, 4) is 11.1 Å². The third-order valence-electron chi connectivity index (χ3n) is 3.79. The van der Waals surface area contributed by atoms with E-state index in [1.54, 1.807) is 12.4 Å². The Morgan fingerprint density at radius 1 is 1.15 bits per heavy atom. The lowest BCUT2D eigenvalue weighted by Gasteiger charge is -2.21. The van der Waals surface area contributed by atoms with Crippen molar-refractivity contribution in [2.45, 2.75) is 6.05 Å². The van der Waals surface area contributed by atoms with Crippen LogP contribution < -0.4 is 5.32 Å². The predicted molar refractivity (Wildman–Crippen MR) is 96.4 cm³/mol. The molecule has 1 N–H and O–H groups in total. The fourth-order valence-electron chi connectivity index (χ4n) is 2.51. The van der Waals surface area contributed by atoms with Crippen LogP contribution in [0.5, 0.6) is 0 Å². The summed E-state index contributed by atoms with van der Waals surface area (Å²) < 4.78 is 44.7. The maximum Gasteiger partial charge on any atom is 0.353 e. The molecule has 0 spiro atoms. The molecule has 0 aliphatic carbocycles. The molecular weight excluding hydrogens is 402 g/mol. The minimum Gasteiger partial charge on any atom is -0.289 e. The molecule has 1 amide bonds. The zero-order valence-corrected chi connectivity index (χ0v) is 15.3. The first-order chi connectivity index (χ1) is 12.7. The highest BCUT2D eigenvalue weighted by Crippen LogP contribution is 2.37. The summed E-state index contributed by atoms with van der Waals surface area (Å²) in [6.45, 7) is 0. The van der Waals surface area contributed by atoms with Gasteiger partial charge in [-0.2, -0.15) is 13.9 Å². The molecule has 9 heteroatoms. The smallest absolute Gasteiger partial charge is 0.289 e. The summed E-state index contributed by atoms with van der Waals surface area (Å²) in [6.07, 6.45) is 2.46. The summed E-state index contributed by atoms with van der Waals surface area (Å²) in [5.74, 6) is -1.73. The molecule has 0 aliphatic rings. The second kappa shape index (κ2) is 7.25. The van der Waals surface area contributed by atoms with Crippen LogP contribution in [0, 0.1) is 5.82 Å². The van der Waals surface area contributed by atoms with E-state index < -0.39 is 23.3 Å². The number of aromatic nitrogens is 2. The number of rotatable bonds is 4. The van der Waals surface area contributed by atoms with E-state index in [4.69, 9.17) is 23.2 Å². The van der Waals surface area contributed by atoms with Gasteiger partial charge in [-0.1, -0.05) is 29.3 Å². The van der Waals surface area contributed by atoms with Gasteiger partial charge in [-0.05, 0) is 41.5 Å². The van der Waals surface area contributed by atoms with Gasteiger partial charge in [0.2, 0.25) is 0 Å². The summed E-state index contributed by atoms with van der Waals surface area (Å²) in [5, 5.41) is 5.78. The normalized spacial score (nSPS) is 11.5. The average molecular weight is 414 g/mol. The first kappa shape index (κ1) is 19.3. The van der Waals surface area contributed by atoms with Crippen LogP contribution in [0.2, 0.25) is 10.0 Å². The Bertz CT molecular complexity index is 1020. The van der Waals surface area contributed by atoms with Gasteiger partial charge in [-0.25, -0.2) is 4.39 Å². The Morgan fingerprint density at radius 3 is 2.52 bits per heavy atom. The van der Waals surface area contributed by atoms with E-state index in [9.17, 15) is 18.0 Å². The van der Waals surface area contributed by atoms with Gasteiger partial charge in [-0.15, -0.1) is 0 Å².